The molecule has 0 spiro atoms. The number of piperazine rings is 1. The number of para-hydroxylation sites is 2. The zero-order chi connectivity index (χ0) is 16.9. The van der Waals surface area contributed by atoms with Crippen molar-refractivity contribution in [2.75, 3.05) is 37.7 Å². The predicted molar refractivity (Wildman–Crippen MR) is 92.2 cm³/mol. The molecule has 0 unspecified atom stereocenters. The fourth-order valence-electron chi connectivity index (χ4n) is 2.45. The summed E-state index contributed by atoms with van der Waals surface area (Å²) in [7, 11) is 0. The average molecular weight is 318 g/mol. The van der Waals surface area contributed by atoms with Gasteiger partial charge in [0.25, 0.3) is 0 Å². The van der Waals surface area contributed by atoms with Gasteiger partial charge >= 0.3 is 6.09 Å². The van der Waals surface area contributed by atoms with E-state index in [1.807, 2.05) is 45.0 Å². The number of anilines is 1. The molecule has 0 saturated carbocycles. The van der Waals surface area contributed by atoms with Crippen LogP contribution in [0, 0.1) is 0 Å². The highest BCUT2D eigenvalue weighted by molar-refractivity contribution is 5.69. The number of ether oxygens (including phenoxy) is 2. The van der Waals surface area contributed by atoms with Crippen molar-refractivity contribution < 1.29 is 14.3 Å². The first-order valence-electron chi connectivity index (χ1n) is 7.96. The van der Waals surface area contributed by atoms with Crippen LogP contribution in [0.1, 0.15) is 20.8 Å². The Morgan fingerprint density at radius 1 is 1.22 bits per heavy atom. The number of nitrogens with zero attached hydrogens (tertiary/aromatic N) is 2. The molecule has 0 bridgehead atoms. The minimum Gasteiger partial charge on any atom is -0.487 e. The second-order valence-corrected chi connectivity index (χ2v) is 6.52. The molecule has 1 saturated heterocycles. The smallest absolute Gasteiger partial charge is 0.410 e. The molecule has 1 aliphatic rings. The standard InChI is InChI=1S/C18H26N2O3/c1-5-14-22-16-9-7-6-8-15(16)19-10-12-20(13-11-19)17(21)23-18(2,3)4/h5-9H,1,10-14H2,2-4H3. The molecule has 1 aromatic rings. The maximum absolute atomic E-state index is 12.1. The fraction of sp³-hybridized carbons (Fsp3) is 0.500. The molecule has 1 heterocycles. The van der Waals surface area contributed by atoms with Gasteiger partial charge in [0.05, 0.1) is 5.69 Å². The summed E-state index contributed by atoms with van der Waals surface area (Å²) in [5.41, 5.74) is 0.595. The van der Waals surface area contributed by atoms with Gasteiger partial charge in [-0.05, 0) is 32.9 Å². The number of carbonyl (C=O) groups excluding carboxylic acids is 1. The number of rotatable bonds is 4. The molecule has 5 nitrogen and oxygen atoms in total. The largest absolute Gasteiger partial charge is 0.487 e. The van der Waals surface area contributed by atoms with Crippen molar-refractivity contribution in [1.29, 1.82) is 0 Å². The molecule has 5 heteroatoms. The van der Waals surface area contributed by atoms with E-state index in [2.05, 4.69) is 11.5 Å². The van der Waals surface area contributed by atoms with Gasteiger partial charge in [0.15, 0.2) is 0 Å². The van der Waals surface area contributed by atoms with E-state index < -0.39 is 5.60 Å². The maximum atomic E-state index is 12.1. The van der Waals surface area contributed by atoms with E-state index in [4.69, 9.17) is 9.47 Å². The Hall–Kier alpha value is -2.17. The normalized spacial score (nSPS) is 15.3. The zero-order valence-electron chi connectivity index (χ0n) is 14.2. The van der Waals surface area contributed by atoms with Crippen LogP contribution < -0.4 is 9.64 Å². The second-order valence-electron chi connectivity index (χ2n) is 6.52. The number of hydrogen-bond acceptors (Lipinski definition) is 4. The van der Waals surface area contributed by atoms with Crippen LogP contribution >= 0.6 is 0 Å². The first kappa shape index (κ1) is 17.2. The van der Waals surface area contributed by atoms with Gasteiger partial charge in [-0.1, -0.05) is 24.8 Å². The Labute approximate surface area is 138 Å². The maximum Gasteiger partial charge on any atom is 0.410 e. The van der Waals surface area contributed by atoms with E-state index in [1.165, 1.54) is 0 Å². The minimum absolute atomic E-state index is 0.242. The molecular formula is C18H26N2O3. The third kappa shape index (κ3) is 4.91. The summed E-state index contributed by atoms with van der Waals surface area (Å²) in [4.78, 5) is 16.1. The van der Waals surface area contributed by atoms with E-state index >= 15 is 0 Å². The molecule has 0 atom stereocenters. The first-order valence-corrected chi connectivity index (χ1v) is 7.96. The number of hydrogen-bond donors (Lipinski definition) is 0. The third-order valence-electron chi connectivity index (χ3n) is 3.49. The Bertz CT molecular complexity index is 543. The van der Waals surface area contributed by atoms with Crippen LogP contribution in [0.5, 0.6) is 5.75 Å². The Morgan fingerprint density at radius 2 is 1.87 bits per heavy atom. The monoisotopic (exact) mass is 318 g/mol. The lowest BCUT2D eigenvalue weighted by molar-refractivity contribution is 0.0240. The summed E-state index contributed by atoms with van der Waals surface area (Å²) in [5, 5.41) is 0. The third-order valence-corrected chi connectivity index (χ3v) is 3.49. The SMILES string of the molecule is C=CCOc1ccccc1N1CCN(C(=O)OC(C)(C)C)CC1. The van der Waals surface area contributed by atoms with E-state index in [-0.39, 0.29) is 6.09 Å². The molecule has 1 aromatic carbocycles. The van der Waals surface area contributed by atoms with Gasteiger partial charge < -0.3 is 19.3 Å². The molecule has 0 aromatic heterocycles. The molecule has 23 heavy (non-hydrogen) atoms. The molecule has 0 aliphatic carbocycles. The van der Waals surface area contributed by atoms with Gasteiger partial charge in [-0.15, -0.1) is 0 Å². The lowest BCUT2D eigenvalue weighted by Gasteiger charge is -2.37. The number of carbonyl (C=O) groups is 1. The van der Waals surface area contributed by atoms with Crippen molar-refractivity contribution in [2.45, 2.75) is 26.4 Å². The summed E-state index contributed by atoms with van der Waals surface area (Å²) in [6.45, 7) is 12.6. The van der Waals surface area contributed by atoms with Crippen LogP contribution in [0.3, 0.4) is 0 Å². The lowest BCUT2D eigenvalue weighted by Crippen LogP contribution is -2.50. The van der Waals surface area contributed by atoms with Gasteiger partial charge in [-0.3, -0.25) is 0 Å². The quantitative estimate of drug-likeness (QED) is 0.799. The van der Waals surface area contributed by atoms with E-state index in [0.717, 1.165) is 24.5 Å². The van der Waals surface area contributed by atoms with Crippen molar-refractivity contribution in [2.24, 2.45) is 0 Å². The Kier molecular flexibility index (Phi) is 5.53. The molecule has 1 amide bonds. The van der Waals surface area contributed by atoms with Gasteiger partial charge in [0.2, 0.25) is 0 Å². The van der Waals surface area contributed by atoms with Gasteiger partial charge in [0, 0.05) is 26.2 Å². The molecule has 0 N–H and O–H groups in total. The molecule has 126 valence electrons. The lowest BCUT2D eigenvalue weighted by atomic mass is 10.2. The second kappa shape index (κ2) is 7.40. The van der Waals surface area contributed by atoms with Crippen molar-refractivity contribution in [3.63, 3.8) is 0 Å². The van der Waals surface area contributed by atoms with Crippen LogP contribution in [-0.2, 0) is 4.74 Å². The van der Waals surface area contributed by atoms with Crippen LogP contribution in [0.25, 0.3) is 0 Å². The van der Waals surface area contributed by atoms with Crippen LogP contribution in [0.15, 0.2) is 36.9 Å². The molecule has 2 rings (SSSR count). The van der Waals surface area contributed by atoms with E-state index in [9.17, 15) is 4.79 Å². The highest BCUT2D eigenvalue weighted by atomic mass is 16.6. The zero-order valence-corrected chi connectivity index (χ0v) is 14.2. The van der Waals surface area contributed by atoms with Crippen LogP contribution in [-0.4, -0.2) is 49.4 Å². The summed E-state index contributed by atoms with van der Waals surface area (Å²) < 4.78 is 11.1. The van der Waals surface area contributed by atoms with Crippen LogP contribution in [0.2, 0.25) is 0 Å². The summed E-state index contributed by atoms with van der Waals surface area (Å²) in [6, 6.07) is 7.95. The summed E-state index contributed by atoms with van der Waals surface area (Å²) in [6.07, 6.45) is 1.49. The van der Waals surface area contributed by atoms with Crippen LogP contribution in [0.4, 0.5) is 10.5 Å². The van der Waals surface area contributed by atoms with Crippen molar-refractivity contribution >= 4 is 11.8 Å². The van der Waals surface area contributed by atoms with Crippen molar-refractivity contribution in [1.82, 2.24) is 4.90 Å². The minimum atomic E-state index is -0.459. The average Bonchev–Trinajstić information content (AvgIpc) is 2.52. The fourth-order valence-corrected chi connectivity index (χ4v) is 2.45. The predicted octanol–water partition coefficient (Wildman–Crippen LogP) is 3.31. The molecular weight excluding hydrogens is 292 g/mol. The highest BCUT2D eigenvalue weighted by Gasteiger charge is 2.26. The number of benzene rings is 1. The molecule has 1 aliphatic heterocycles. The number of amides is 1. The first-order chi connectivity index (χ1) is 10.9. The van der Waals surface area contributed by atoms with E-state index in [0.29, 0.717) is 19.7 Å². The topological polar surface area (TPSA) is 42.0 Å². The van der Waals surface area contributed by atoms with Gasteiger partial charge in [0.1, 0.15) is 18.0 Å². The summed E-state index contributed by atoms with van der Waals surface area (Å²) >= 11 is 0. The van der Waals surface area contributed by atoms with Gasteiger partial charge in [-0.25, -0.2) is 4.79 Å². The van der Waals surface area contributed by atoms with E-state index in [1.54, 1.807) is 11.0 Å². The Morgan fingerprint density at radius 3 is 2.48 bits per heavy atom. The van der Waals surface area contributed by atoms with Crippen molar-refractivity contribution in [3.05, 3.63) is 36.9 Å². The summed E-state index contributed by atoms with van der Waals surface area (Å²) in [5.74, 6) is 0.845. The highest BCUT2D eigenvalue weighted by Crippen LogP contribution is 2.29. The molecule has 0 radical (unpaired) electrons. The van der Waals surface area contributed by atoms with Gasteiger partial charge in [-0.2, -0.15) is 0 Å². The molecule has 1 fully saturated rings. The Balaban J connectivity index is 1.97. The van der Waals surface area contributed by atoms with Crippen molar-refractivity contribution in [3.8, 4) is 5.75 Å².